The van der Waals surface area contributed by atoms with Gasteiger partial charge in [-0.3, -0.25) is 9.59 Å². The lowest BCUT2D eigenvalue weighted by Crippen LogP contribution is -2.17. The van der Waals surface area contributed by atoms with Crippen molar-refractivity contribution in [3.8, 4) is 0 Å². The average molecular weight is 238 g/mol. The molecule has 1 aromatic heterocycles. The van der Waals surface area contributed by atoms with Gasteiger partial charge in [-0.2, -0.15) is 0 Å². The number of nitrogens with one attached hydrogen (secondary N) is 2. The summed E-state index contributed by atoms with van der Waals surface area (Å²) in [6, 6.07) is 4.63. The molecule has 0 saturated heterocycles. The fourth-order valence-corrected chi connectivity index (χ4v) is 2.00. The molecule has 88 valence electrons. The first-order chi connectivity index (χ1) is 8.74. The Morgan fingerprint density at radius 3 is 2.89 bits per heavy atom. The molecule has 1 heterocycles. The standard InChI is InChI=1S/C14H10N2O2/c17-13-6-2-5-12(15-13)16-14(18)11-8-7-9-3-1-4-10(9)11/h1-8H,(H2,15,16,17,18). The van der Waals surface area contributed by atoms with Gasteiger partial charge in [-0.15, -0.1) is 0 Å². The minimum absolute atomic E-state index is 0.224. The van der Waals surface area contributed by atoms with E-state index in [9.17, 15) is 9.59 Å². The van der Waals surface area contributed by atoms with Gasteiger partial charge in [-0.05, 0) is 23.3 Å². The number of fused-ring (bicyclic) bond motifs is 1. The highest BCUT2D eigenvalue weighted by Crippen LogP contribution is 2.30. The second kappa shape index (κ2) is 4.00. The predicted molar refractivity (Wildman–Crippen MR) is 69.1 cm³/mol. The van der Waals surface area contributed by atoms with Crippen LogP contribution >= 0.6 is 0 Å². The Labute approximate surface area is 103 Å². The molecule has 2 N–H and O–H groups in total. The Balaban J connectivity index is 1.87. The van der Waals surface area contributed by atoms with E-state index in [1.165, 1.54) is 6.07 Å². The van der Waals surface area contributed by atoms with Crippen molar-refractivity contribution in [2.75, 3.05) is 5.32 Å². The molecule has 0 saturated carbocycles. The first-order valence-electron chi connectivity index (χ1n) is 5.56. The molecule has 1 amide bonds. The van der Waals surface area contributed by atoms with Gasteiger partial charge in [-0.25, -0.2) is 0 Å². The fourth-order valence-electron chi connectivity index (χ4n) is 2.00. The number of allylic oxidation sites excluding steroid dienone is 6. The van der Waals surface area contributed by atoms with E-state index >= 15 is 0 Å². The van der Waals surface area contributed by atoms with Crippen molar-refractivity contribution in [2.24, 2.45) is 0 Å². The summed E-state index contributed by atoms with van der Waals surface area (Å²) in [6.07, 6.45) is 9.44. The quantitative estimate of drug-likeness (QED) is 0.823. The van der Waals surface area contributed by atoms with Crippen LogP contribution in [0.4, 0.5) is 5.82 Å². The number of H-pyrrole nitrogens is 1. The van der Waals surface area contributed by atoms with E-state index in [1.54, 1.807) is 18.2 Å². The Kier molecular flexibility index (Phi) is 2.34. The summed E-state index contributed by atoms with van der Waals surface area (Å²) >= 11 is 0. The summed E-state index contributed by atoms with van der Waals surface area (Å²) in [5, 5.41) is 2.67. The van der Waals surface area contributed by atoms with Gasteiger partial charge in [-0.1, -0.05) is 30.4 Å². The third kappa shape index (κ3) is 1.73. The van der Waals surface area contributed by atoms with Crippen LogP contribution in [-0.4, -0.2) is 10.9 Å². The van der Waals surface area contributed by atoms with Crippen LogP contribution < -0.4 is 10.9 Å². The van der Waals surface area contributed by atoms with Crippen LogP contribution in [0.5, 0.6) is 0 Å². The maximum absolute atomic E-state index is 12.1. The molecule has 0 aliphatic heterocycles. The van der Waals surface area contributed by atoms with Crippen molar-refractivity contribution in [3.63, 3.8) is 0 Å². The van der Waals surface area contributed by atoms with Crippen molar-refractivity contribution in [1.29, 1.82) is 0 Å². The molecule has 4 heteroatoms. The third-order valence-corrected chi connectivity index (χ3v) is 2.83. The summed E-state index contributed by atoms with van der Waals surface area (Å²) in [5.74, 6) is 0.173. The number of carbonyl (C=O) groups excluding carboxylic acids is 1. The van der Waals surface area contributed by atoms with Gasteiger partial charge in [0.25, 0.3) is 5.91 Å². The Morgan fingerprint density at radius 1 is 1.17 bits per heavy atom. The van der Waals surface area contributed by atoms with E-state index in [1.807, 2.05) is 24.3 Å². The largest absolute Gasteiger partial charge is 0.309 e. The lowest BCUT2D eigenvalue weighted by molar-refractivity contribution is -0.112. The van der Waals surface area contributed by atoms with Gasteiger partial charge >= 0.3 is 0 Å². The Morgan fingerprint density at radius 2 is 2.06 bits per heavy atom. The lowest BCUT2D eigenvalue weighted by atomic mass is 10.1. The Bertz CT molecular complexity index is 703. The highest BCUT2D eigenvalue weighted by atomic mass is 16.2. The molecule has 2 aliphatic rings. The fraction of sp³-hybridized carbons (Fsp3) is 0. The van der Waals surface area contributed by atoms with Gasteiger partial charge in [0.1, 0.15) is 5.82 Å². The molecular weight excluding hydrogens is 228 g/mol. The van der Waals surface area contributed by atoms with E-state index < -0.39 is 0 Å². The smallest absolute Gasteiger partial charge is 0.257 e. The number of hydrogen-bond donors (Lipinski definition) is 2. The predicted octanol–water partition coefficient (Wildman–Crippen LogP) is 1.68. The summed E-state index contributed by atoms with van der Waals surface area (Å²) < 4.78 is 0. The number of amides is 1. The Hall–Kier alpha value is -2.62. The summed E-state index contributed by atoms with van der Waals surface area (Å²) in [4.78, 5) is 25.7. The summed E-state index contributed by atoms with van der Waals surface area (Å²) in [6.45, 7) is 0. The van der Waals surface area contributed by atoms with Crippen molar-refractivity contribution in [2.45, 2.75) is 0 Å². The van der Waals surface area contributed by atoms with Crippen LogP contribution in [0.2, 0.25) is 0 Å². The van der Waals surface area contributed by atoms with Crippen LogP contribution in [0.15, 0.2) is 70.1 Å². The molecule has 18 heavy (non-hydrogen) atoms. The number of hydrogen-bond acceptors (Lipinski definition) is 2. The van der Waals surface area contributed by atoms with E-state index in [-0.39, 0.29) is 11.5 Å². The van der Waals surface area contributed by atoms with E-state index in [0.717, 1.165) is 11.1 Å². The topological polar surface area (TPSA) is 62.0 Å². The van der Waals surface area contributed by atoms with Crippen molar-refractivity contribution < 1.29 is 4.79 Å². The third-order valence-electron chi connectivity index (χ3n) is 2.83. The molecule has 3 rings (SSSR count). The van der Waals surface area contributed by atoms with Crippen molar-refractivity contribution in [1.82, 2.24) is 4.98 Å². The molecule has 0 fully saturated rings. The monoisotopic (exact) mass is 238 g/mol. The highest BCUT2D eigenvalue weighted by molar-refractivity contribution is 6.08. The van der Waals surface area contributed by atoms with E-state index in [2.05, 4.69) is 10.3 Å². The number of aromatic nitrogens is 1. The lowest BCUT2D eigenvalue weighted by Gasteiger charge is -2.05. The first kappa shape index (κ1) is 10.5. The van der Waals surface area contributed by atoms with E-state index in [0.29, 0.717) is 11.4 Å². The number of carbonyl (C=O) groups is 1. The van der Waals surface area contributed by atoms with Crippen LogP contribution in [-0.2, 0) is 4.79 Å². The minimum atomic E-state index is -0.242. The second-order valence-electron chi connectivity index (χ2n) is 4.02. The minimum Gasteiger partial charge on any atom is -0.309 e. The van der Waals surface area contributed by atoms with Gasteiger partial charge in [0, 0.05) is 11.6 Å². The zero-order chi connectivity index (χ0) is 12.5. The molecule has 2 aliphatic carbocycles. The van der Waals surface area contributed by atoms with Gasteiger partial charge < -0.3 is 10.3 Å². The van der Waals surface area contributed by atoms with Crippen LogP contribution in [0.3, 0.4) is 0 Å². The van der Waals surface area contributed by atoms with Crippen LogP contribution in [0, 0.1) is 0 Å². The number of anilines is 1. The molecule has 0 aromatic carbocycles. The summed E-state index contributed by atoms with van der Waals surface area (Å²) in [5.41, 5.74) is 2.33. The molecule has 0 radical (unpaired) electrons. The summed E-state index contributed by atoms with van der Waals surface area (Å²) in [7, 11) is 0. The van der Waals surface area contributed by atoms with Crippen molar-refractivity contribution >= 4 is 11.7 Å². The highest BCUT2D eigenvalue weighted by Gasteiger charge is 2.20. The number of rotatable bonds is 2. The maximum Gasteiger partial charge on any atom is 0.257 e. The van der Waals surface area contributed by atoms with Crippen LogP contribution in [0.1, 0.15) is 0 Å². The first-order valence-corrected chi connectivity index (χ1v) is 5.56. The van der Waals surface area contributed by atoms with Crippen LogP contribution in [0.25, 0.3) is 0 Å². The molecule has 4 nitrogen and oxygen atoms in total. The molecule has 0 atom stereocenters. The van der Waals surface area contributed by atoms with E-state index in [4.69, 9.17) is 0 Å². The number of aromatic amines is 1. The zero-order valence-corrected chi connectivity index (χ0v) is 9.44. The SMILES string of the molecule is O=C(Nc1cccc(=O)[nH]1)C1=C2C=CC=C2C=C1. The zero-order valence-electron chi connectivity index (χ0n) is 9.44. The average Bonchev–Trinajstić information content (AvgIpc) is 2.89. The van der Waals surface area contributed by atoms with Gasteiger partial charge in [0.05, 0.1) is 0 Å². The molecule has 0 unspecified atom stereocenters. The maximum atomic E-state index is 12.1. The van der Waals surface area contributed by atoms with Gasteiger partial charge in [0.2, 0.25) is 5.56 Å². The number of pyridine rings is 1. The van der Waals surface area contributed by atoms with Crippen molar-refractivity contribution in [3.05, 3.63) is 75.7 Å². The molecular formula is C14H10N2O2. The van der Waals surface area contributed by atoms with Gasteiger partial charge in [0.15, 0.2) is 0 Å². The second-order valence-corrected chi connectivity index (χ2v) is 4.02. The normalized spacial score (nSPS) is 15.9. The molecule has 0 spiro atoms. The molecule has 0 bridgehead atoms. The molecule has 1 aromatic rings.